The van der Waals surface area contributed by atoms with Gasteiger partial charge in [0, 0.05) is 17.4 Å². The fourth-order valence-electron chi connectivity index (χ4n) is 6.91. The zero-order chi connectivity index (χ0) is 22.4. The molecule has 3 heterocycles. The first-order valence-electron chi connectivity index (χ1n) is 11.4. The molecule has 3 aromatic carbocycles. The zero-order valence-electron chi connectivity index (χ0n) is 18.1. The molecule has 1 spiro atoms. The largest absolute Gasteiger partial charge is 0.452 e. The molecule has 33 heavy (non-hydrogen) atoms. The summed E-state index contributed by atoms with van der Waals surface area (Å²) in [5.74, 6) is -0.714. The number of carbonyl (C=O) groups excluding carboxylic acids is 2. The first kappa shape index (κ1) is 19.1. The highest BCUT2D eigenvalue weighted by Crippen LogP contribution is 2.71. The third kappa shape index (κ3) is 2.25. The Morgan fingerprint density at radius 2 is 1.70 bits per heavy atom. The van der Waals surface area contributed by atoms with Gasteiger partial charge >= 0.3 is 11.9 Å². The molecule has 1 aliphatic carbocycles. The summed E-state index contributed by atoms with van der Waals surface area (Å²) in [4.78, 5) is 26.1. The van der Waals surface area contributed by atoms with Gasteiger partial charge in [-0.1, -0.05) is 60.7 Å². The van der Waals surface area contributed by atoms with Crippen molar-refractivity contribution in [3.8, 4) is 0 Å². The standard InChI is InChI=1S/C28H22O5/c1-27-22-18-12-6-5-11-17(18)15-21(22)28(33-27)20-14-8-7-13-19(20)26(30)32-24(28)23(27)31-25(29)16-9-3-2-4-10-16/h2-14,21-24H,15H2,1H3. The Morgan fingerprint density at radius 1 is 0.970 bits per heavy atom. The van der Waals surface area contributed by atoms with Crippen molar-refractivity contribution < 1.29 is 23.8 Å². The van der Waals surface area contributed by atoms with Crippen molar-refractivity contribution >= 4 is 11.9 Å². The van der Waals surface area contributed by atoms with Crippen LogP contribution in [-0.2, 0) is 26.2 Å². The van der Waals surface area contributed by atoms with Gasteiger partial charge in [0.1, 0.15) is 11.2 Å². The van der Waals surface area contributed by atoms with Gasteiger partial charge in [0.05, 0.1) is 11.1 Å². The number of rotatable bonds is 2. The van der Waals surface area contributed by atoms with Gasteiger partial charge in [-0.3, -0.25) is 0 Å². The molecule has 0 saturated carbocycles. The van der Waals surface area contributed by atoms with Crippen LogP contribution in [0.3, 0.4) is 0 Å². The summed E-state index contributed by atoms with van der Waals surface area (Å²) >= 11 is 0. The number of hydrogen-bond donors (Lipinski definition) is 0. The predicted octanol–water partition coefficient (Wildman–Crippen LogP) is 4.41. The highest BCUT2D eigenvalue weighted by Gasteiger charge is 2.80. The van der Waals surface area contributed by atoms with E-state index in [-0.39, 0.29) is 11.8 Å². The number of carbonyl (C=O) groups is 2. The lowest BCUT2D eigenvalue weighted by atomic mass is 9.61. The molecule has 2 saturated heterocycles. The lowest BCUT2D eigenvalue weighted by Crippen LogP contribution is -2.59. The van der Waals surface area contributed by atoms with Crippen molar-refractivity contribution in [2.45, 2.75) is 42.7 Å². The molecule has 0 amide bonds. The van der Waals surface area contributed by atoms with Crippen LogP contribution in [-0.4, -0.2) is 29.7 Å². The summed E-state index contributed by atoms with van der Waals surface area (Å²) < 4.78 is 19.1. The Kier molecular flexibility index (Phi) is 3.66. The second-order valence-corrected chi connectivity index (χ2v) is 9.63. The Hall–Kier alpha value is -3.44. The molecular formula is C28H22O5. The summed E-state index contributed by atoms with van der Waals surface area (Å²) in [6.07, 6.45) is -0.596. The van der Waals surface area contributed by atoms with E-state index in [1.165, 1.54) is 11.1 Å². The van der Waals surface area contributed by atoms with E-state index < -0.39 is 35.3 Å². The number of hydrogen-bond acceptors (Lipinski definition) is 5. The Bertz CT molecular complexity index is 1320. The quantitative estimate of drug-likeness (QED) is 0.555. The molecule has 5 nitrogen and oxygen atoms in total. The van der Waals surface area contributed by atoms with Crippen LogP contribution in [0.25, 0.3) is 0 Å². The van der Waals surface area contributed by atoms with E-state index in [2.05, 4.69) is 18.2 Å². The van der Waals surface area contributed by atoms with Gasteiger partial charge in [0.25, 0.3) is 0 Å². The minimum absolute atomic E-state index is 0.0309. The molecule has 0 aromatic heterocycles. The molecule has 3 aliphatic heterocycles. The topological polar surface area (TPSA) is 61.8 Å². The maximum Gasteiger partial charge on any atom is 0.339 e. The van der Waals surface area contributed by atoms with E-state index in [4.69, 9.17) is 14.2 Å². The van der Waals surface area contributed by atoms with Gasteiger partial charge in [-0.15, -0.1) is 0 Å². The lowest BCUT2D eigenvalue weighted by molar-refractivity contribution is -0.108. The monoisotopic (exact) mass is 438 g/mol. The van der Waals surface area contributed by atoms with Crippen molar-refractivity contribution in [3.63, 3.8) is 0 Å². The summed E-state index contributed by atoms with van der Waals surface area (Å²) in [6.45, 7) is 2.01. The van der Waals surface area contributed by atoms with Gasteiger partial charge in [0.15, 0.2) is 12.2 Å². The van der Waals surface area contributed by atoms with E-state index in [1.54, 1.807) is 30.3 Å². The summed E-state index contributed by atoms with van der Waals surface area (Å²) in [5.41, 5.74) is 2.66. The van der Waals surface area contributed by atoms with Gasteiger partial charge in [-0.25, -0.2) is 9.59 Å². The van der Waals surface area contributed by atoms with Crippen LogP contribution >= 0.6 is 0 Å². The van der Waals surface area contributed by atoms with Crippen LogP contribution in [0.5, 0.6) is 0 Å². The molecule has 6 atom stereocenters. The van der Waals surface area contributed by atoms with Crippen molar-refractivity contribution in [1.29, 1.82) is 0 Å². The molecule has 3 aromatic rings. The highest BCUT2D eigenvalue weighted by atomic mass is 16.7. The molecule has 5 heteroatoms. The van der Waals surface area contributed by atoms with Crippen LogP contribution in [0.15, 0.2) is 78.9 Å². The number of ether oxygens (including phenoxy) is 3. The fourth-order valence-corrected chi connectivity index (χ4v) is 6.91. The van der Waals surface area contributed by atoms with Gasteiger partial charge in [-0.05, 0) is 42.7 Å². The van der Waals surface area contributed by atoms with Gasteiger partial charge in [0.2, 0.25) is 0 Å². The molecule has 6 unspecified atom stereocenters. The smallest absolute Gasteiger partial charge is 0.339 e. The van der Waals surface area contributed by atoms with Crippen LogP contribution < -0.4 is 0 Å². The average Bonchev–Trinajstić information content (AvgIpc) is 3.44. The minimum atomic E-state index is -0.857. The van der Waals surface area contributed by atoms with E-state index in [1.807, 2.05) is 37.3 Å². The zero-order valence-corrected chi connectivity index (χ0v) is 18.1. The van der Waals surface area contributed by atoms with Crippen LogP contribution in [0.2, 0.25) is 0 Å². The van der Waals surface area contributed by atoms with Crippen molar-refractivity contribution in [2.24, 2.45) is 5.92 Å². The van der Waals surface area contributed by atoms with Crippen LogP contribution in [0, 0.1) is 5.92 Å². The summed E-state index contributed by atoms with van der Waals surface area (Å²) in [6, 6.07) is 24.9. The Labute approximate surface area is 191 Å². The number of fused-ring (bicyclic) bond motifs is 6. The van der Waals surface area contributed by atoms with E-state index in [0.717, 1.165) is 12.0 Å². The molecule has 2 bridgehead atoms. The molecule has 0 N–H and O–H groups in total. The summed E-state index contributed by atoms with van der Waals surface area (Å²) in [7, 11) is 0. The molecule has 164 valence electrons. The third-order valence-electron chi connectivity index (χ3n) is 8.10. The highest BCUT2D eigenvalue weighted by molar-refractivity contribution is 5.94. The predicted molar refractivity (Wildman–Crippen MR) is 119 cm³/mol. The lowest BCUT2D eigenvalue weighted by Gasteiger charge is -2.46. The molecule has 2 fully saturated rings. The fraction of sp³-hybridized carbons (Fsp3) is 0.286. The van der Waals surface area contributed by atoms with E-state index in [0.29, 0.717) is 11.1 Å². The van der Waals surface area contributed by atoms with Crippen LogP contribution in [0.4, 0.5) is 0 Å². The molecular weight excluding hydrogens is 416 g/mol. The van der Waals surface area contributed by atoms with Crippen LogP contribution in [0.1, 0.15) is 50.2 Å². The third-order valence-corrected chi connectivity index (χ3v) is 8.10. The number of esters is 2. The molecule has 4 aliphatic rings. The van der Waals surface area contributed by atoms with Gasteiger partial charge < -0.3 is 14.2 Å². The first-order chi connectivity index (χ1) is 16.0. The van der Waals surface area contributed by atoms with Crippen molar-refractivity contribution in [2.75, 3.05) is 0 Å². The summed E-state index contributed by atoms with van der Waals surface area (Å²) in [5, 5.41) is 0. The molecule has 0 radical (unpaired) electrons. The Morgan fingerprint density at radius 3 is 2.55 bits per heavy atom. The van der Waals surface area contributed by atoms with Crippen molar-refractivity contribution in [1.82, 2.24) is 0 Å². The van der Waals surface area contributed by atoms with Gasteiger partial charge in [-0.2, -0.15) is 0 Å². The van der Waals surface area contributed by atoms with E-state index in [9.17, 15) is 9.59 Å². The average molecular weight is 438 g/mol. The van der Waals surface area contributed by atoms with E-state index >= 15 is 0 Å². The second kappa shape index (κ2) is 6.33. The normalized spacial score (nSPS) is 34.6. The second-order valence-electron chi connectivity index (χ2n) is 9.63. The molecule has 7 rings (SSSR count). The maximum atomic E-state index is 13.1. The maximum absolute atomic E-state index is 13.1. The number of benzene rings is 3. The minimum Gasteiger partial charge on any atom is -0.452 e. The SMILES string of the molecule is CC12OC3(c4ccccc4C(=O)OC3C1OC(=O)c1ccccc1)C1Cc3ccccc3C12. The first-order valence-corrected chi connectivity index (χ1v) is 11.4. The Balaban J connectivity index is 1.41. The van der Waals surface area contributed by atoms with Crippen molar-refractivity contribution in [3.05, 3.63) is 107 Å².